The van der Waals surface area contributed by atoms with Gasteiger partial charge in [0.2, 0.25) is 5.91 Å². The molecule has 214 valence electrons. The third-order valence-electron chi connectivity index (χ3n) is 10.0. The number of likely N-dealkylation sites (tertiary alicyclic amines) is 1. The van der Waals surface area contributed by atoms with Crippen LogP contribution in [0.15, 0.2) is 42.5 Å². The van der Waals surface area contributed by atoms with Crippen LogP contribution in [0, 0.1) is 24.0 Å². The molecule has 2 N–H and O–H groups in total. The Morgan fingerprint density at radius 3 is 2.80 bits per heavy atom. The van der Waals surface area contributed by atoms with Crippen molar-refractivity contribution < 1.29 is 29.1 Å². The lowest BCUT2D eigenvalue weighted by atomic mass is 9.62. The van der Waals surface area contributed by atoms with Crippen molar-refractivity contribution in [2.24, 2.45) is 11.8 Å². The standard InChI is InChI=1S/C32H40N2O6/c1-20-23-10-11-27(35)30(20)40-31-25-14-16-34(38,19-22-7-8-22)28(18-23)32(25,37)15-13-26(31)33(2)29(36)12-9-21-5-4-6-24(17-21)39-3/h4-6,9-12,17,22,25-26,28,31,35,37H,7-8,13-16,18-19H2,1-3H3/b12-9+/t25?,26-,28-,31-,32+,34?/m1/s1. The number of hydrogen-bond acceptors (Lipinski definition) is 6. The molecular formula is C32H40N2O6. The Balaban J connectivity index is 1.35. The summed E-state index contributed by atoms with van der Waals surface area (Å²) in [4.78, 5) is 15.1. The average Bonchev–Trinajstić information content (AvgIpc) is 3.75. The first-order chi connectivity index (χ1) is 19.1. The number of hydroxylamine groups is 3. The number of ether oxygens (including phenoxy) is 2. The number of phenolic OH excluding ortho intramolecular Hbond substituents is 1. The molecule has 8 nitrogen and oxygen atoms in total. The highest BCUT2D eigenvalue weighted by Gasteiger charge is 2.62. The first kappa shape index (κ1) is 27.1. The smallest absolute Gasteiger partial charge is 0.246 e. The molecule has 3 fully saturated rings. The monoisotopic (exact) mass is 548 g/mol. The molecule has 1 amide bonds. The van der Waals surface area contributed by atoms with Gasteiger partial charge >= 0.3 is 0 Å². The molecule has 0 aromatic heterocycles. The number of nitrogens with zero attached hydrogens (tertiary/aromatic N) is 2. The van der Waals surface area contributed by atoms with E-state index in [0.29, 0.717) is 56.2 Å². The lowest BCUT2D eigenvalue weighted by Gasteiger charge is -2.63. The van der Waals surface area contributed by atoms with E-state index in [1.807, 2.05) is 37.3 Å². The SMILES string of the molecule is COc1cccc(/C=C/C(=O)N(C)[C@@H]2CC[C@]3(O)C4CC[N+]([O-])(CC5CC5)[C@@H]3Cc3ccc(O)c(c3C)O[C@H]42)c1. The Morgan fingerprint density at radius 2 is 2.05 bits per heavy atom. The Hall–Kier alpha value is -3.07. The van der Waals surface area contributed by atoms with Crippen molar-refractivity contribution in [1.82, 2.24) is 4.90 Å². The minimum absolute atomic E-state index is 0.0401. The van der Waals surface area contributed by atoms with Crippen LogP contribution >= 0.6 is 0 Å². The van der Waals surface area contributed by atoms with E-state index in [0.717, 1.165) is 29.5 Å². The normalized spacial score (nSPS) is 32.9. The largest absolute Gasteiger partial charge is 0.632 e. The summed E-state index contributed by atoms with van der Waals surface area (Å²) in [6.45, 7) is 2.88. The molecule has 6 bridgehead atoms. The predicted molar refractivity (Wildman–Crippen MR) is 152 cm³/mol. The number of amides is 1. The highest BCUT2D eigenvalue weighted by atomic mass is 16.6. The first-order valence-corrected chi connectivity index (χ1v) is 14.5. The molecule has 2 aromatic carbocycles. The zero-order valence-corrected chi connectivity index (χ0v) is 23.6. The molecule has 2 aromatic rings. The molecule has 40 heavy (non-hydrogen) atoms. The number of quaternary nitrogens is 1. The van der Waals surface area contributed by atoms with E-state index in [2.05, 4.69) is 0 Å². The first-order valence-electron chi connectivity index (χ1n) is 14.5. The van der Waals surface area contributed by atoms with E-state index in [4.69, 9.17) is 9.47 Å². The van der Waals surface area contributed by atoms with Crippen LogP contribution in [0.2, 0.25) is 0 Å². The van der Waals surface area contributed by atoms with Crippen LogP contribution in [0.25, 0.3) is 6.08 Å². The number of likely N-dealkylation sites (N-methyl/N-ethyl adjacent to an activating group) is 1. The Kier molecular flexibility index (Phi) is 6.84. The number of fused-ring (bicyclic) bond motifs is 2. The molecule has 2 aliphatic carbocycles. The number of hydrogen-bond donors (Lipinski definition) is 2. The van der Waals surface area contributed by atoms with Crippen molar-refractivity contribution in [3.63, 3.8) is 0 Å². The summed E-state index contributed by atoms with van der Waals surface area (Å²) in [5, 5.41) is 37.7. The Morgan fingerprint density at radius 1 is 1.25 bits per heavy atom. The Labute approximate surface area is 236 Å². The number of benzene rings is 2. The van der Waals surface area contributed by atoms with Crippen molar-refractivity contribution in [1.29, 1.82) is 0 Å². The van der Waals surface area contributed by atoms with Crippen molar-refractivity contribution in [3.05, 3.63) is 64.4 Å². The lowest BCUT2D eigenvalue weighted by molar-refractivity contribution is -0.923. The topological polar surface area (TPSA) is 102 Å². The summed E-state index contributed by atoms with van der Waals surface area (Å²) in [5.74, 6) is 1.08. The van der Waals surface area contributed by atoms with Gasteiger partial charge in [-0.25, -0.2) is 0 Å². The summed E-state index contributed by atoms with van der Waals surface area (Å²) in [7, 11) is 3.38. The number of aromatic hydroxyl groups is 1. The molecule has 0 radical (unpaired) electrons. The quantitative estimate of drug-likeness (QED) is 0.319. The van der Waals surface area contributed by atoms with E-state index >= 15 is 0 Å². The number of methoxy groups -OCH3 is 1. The van der Waals surface area contributed by atoms with Crippen LogP contribution in [0.1, 0.15) is 48.8 Å². The van der Waals surface area contributed by atoms with E-state index < -0.39 is 17.7 Å². The summed E-state index contributed by atoms with van der Waals surface area (Å²) < 4.78 is 11.6. The fraction of sp³-hybridized carbons (Fsp3) is 0.531. The minimum atomic E-state index is -1.22. The Bertz CT molecular complexity index is 1320. The predicted octanol–water partition coefficient (Wildman–Crippen LogP) is 4.19. The zero-order chi connectivity index (χ0) is 28.2. The van der Waals surface area contributed by atoms with Gasteiger partial charge in [0, 0.05) is 37.8 Å². The molecule has 6 atom stereocenters. The maximum Gasteiger partial charge on any atom is 0.246 e. The minimum Gasteiger partial charge on any atom is -0.632 e. The molecule has 2 heterocycles. The number of phenols is 1. The average molecular weight is 549 g/mol. The number of piperidine rings is 1. The molecule has 2 aliphatic heterocycles. The van der Waals surface area contributed by atoms with Crippen LogP contribution < -0.4 is 9.47 Å². The van der Waals surface area contributed by atoms with Gasteiger partial charge in [-0.1, -0.05) is 18.2 Å². The summed E-state index contributed by atoms with van der Waals surface area (Å²) in [5.41, 5.74) is 1.36. The maximum atomic E-state index is 14.5. The fourth-order valence-corrected chi connectivity index (χ4v) is 7.53. The van der Waals surface area contributed by atoms with Crippen LogP contribution in [-0.2, 0) is 11.2 Å². The highest BCUT2D eigenvalue weighted by molar-refractivity contribution is 5.92. The van der Waals surface area contributed by atoms with Crippen LogP contribution in [0.4, 0.5) is 0 Å². The van der Waals surface area contributed by atoms with Gasteiger partial charge in [-0.2, -0.15) is 0 Å². The number of aliphatic hydroxyl groups is 1. The second-order valence-electron chi connectivity index (χ2n) is 12.4. The molecular weight excluding hydrogens is 508 g/mol. The number of carbonyl (C=O) groups excluding carboxylic acids is 1. The van der Waals surface area contributed by atoms with Crippen LogP contribution in [0.3, 0.4) is 0 Å². The molecule has 1 saturated heterocycles. The summed E-state index contributed by atoms with van der Waals surface area (Å²) >= 11 is 0. The van der Waals surface area contributed by atoms with Crippen molar-refractivity contribution in [3.8, 4) is 17.2 Å². The zero-order valence-electron chi connectivity index (χ0n) is 23.6. The number of rotatable bonds is 6. The molecule has 2 saturated carbocycles. The van der Waals surface area contributed by atoms with Gasteiger partial charge in [-0.05, 0) is 73.6 Å². The molecule has 8 heteroatoms. The molecule has 6 rings (SSSR count). The van der Waals surface area contributed by atoms with Crippen LogP contribution in [-0.4, -0.2) is 76.7 Å². The third-order valence-corrected chi connectivity index (χ3v) is 10.0. The van der Waals surface area contributed by atoms with E-state index in [1.165, 1.54) is 0 Å². The van der Waals surface area contributed by atoms with Crippen molar-refractivity contribution in [2.45, 2.75) is 69.2 Å². The summed E-state index contributed by atoms with van der Waals surface area (Å²) in [6.07, 6.45) is 6.82. The van der Waals surface area contributed by atoms with E-state index in [1.54, 1.807) is 37.3 Å². The van der Waals surface area contributed by atoms with E-state index in [-0.39, 0.29) is 28.3 Å². The second-order valence-corrected chi connectivity index (χ2v) is 12.4. The maximum absolute atomic E-state index is 14.5. The second kappa shape index (κ2) is 10.1. The molecule has 2 unspecified atom stereocenters. The fourth-order valence-electron chi connectivity index (χ4n) is 7.53. The highest BCUT2D eigenvalue weighted by Crippen LogP contribution is 2.52. The van der Waals surface area contributed by atoms with Gasteiger partial charge in [0.05, 0.1) is 26.2 Å². The van der Waals surface area contributed by atoms with Crippen molar-refractivity contribution >= 4 is 12.0 Å². The van der Waals surface area contributed by atoms with Crippen molar-refractivity contribution in [2.75, 3.05) is 27.2 Å². The van der Waals surface area contributed by atoms with Gasteiger partial charge < -0.3 is 34.4 Å². The van der Waals surface area contributed by atoms with Gasteiger partial charge in [-0.15, -0.1) is 0 Å². The molecule has 0 spiro atoms. The van der Waals surface area contributed by atoms with Gasteiger partial charge in [0.25, 0.3) is 0 Å². The van der Waals surface area contributed by atoms with Crippen LogP contribution in [0.5, 0.6) is 17.2 Å². The number of carbonyl (C=O) groups is 1. The van der Waals surface area contributed by atoms with Gasteiger partial charge in [-0.3, -0.25) is 4.79 Å². The third kappa shape index (κ3) is 4.66. The van der Waals surface area contributed by atoms with Gasteiger partial charge in [0.15, 0.2) is 11.5 Å². The summed E-state index contributed by atoms with van der Waals surface area (Å²) in [6, 6.07) is 10.1. The van der Waals surface area contributed by atoms with Gasteiger partial charge in [0.1, 0.15) is 23.5 Å². The lowest BCUT2D eigenvalue weighted by Crippen LogP contribution is -2.74. The molecule has 4 aliphatic rings. The van der Waals surface area contributed by atoms with E-state index in [9.17, 15) is 20.2 Å².